The van der Waals surface area contributed by atoms with Gasteiger partial charge in [0.05, 0.1) is 11.4 Å². The first-order chi connectivity index (χ1) is 8.27. The van der Waals surface area contributed by atoms with Crippen molar-refractivity contribution in [1.29, 1.82) is 0 Å². The van der Waals surface area contributed by atoms with E-state index in [1.165, 1.54) is 17.7 Å². The maximum atomic E-state index is 10.1. The molecule has 0 radical (unpaired) electrons. The second kappa shape index (κ2) is 8.37. The molecule has 0 spiro atoms. The van der Waals surface area contributed by atoms with E-state index in [2.05, 4.69) is 25.6 Å². The number of hydrogen-bond donors (Lipinski definition) is 1. The molecule has 0 heterocycles. The molecular weight excluding hydrogens is 228 g/mol. The van der Waals surface area contributed by atoms with Gasteiger partial charge in [0.15, 0.2) is 0 Å². The average molecular weight is 250 g/mol. The molecule has 1 aromatic carbocycles. The van der Waals surface area contributed by atoms with Crippen LogP contribution in [0.2, 0.25) is 0 Å². The third-order valence-corrected chi connectivity index (χ3v) is 4.05. The molecule has 0 saturated carbocycles. The smallest absolute Gasteiger partial charge is 0.0697 e. The van der Waals surface area contributed by atoms with Crippen molar-refractivity contribution < 1.29 is 5.11 Å². The Morgan fingerprint density at radius 1 is 1.29 bits per heavy atom. The van der Waals surface area contributed by atoms with Gasteiger partial charge in [-0.1, -0.05) is 50.5 Å². The molecule has 0 aliphatic rings. The van der Waals surface area contributed by atoms with E-state index in [9.17, 15) is 5.11 Å². The van der Waals surface area contributed by atoms with Crippen LogP contribution in [0.3, 0.4) is 0 Å². The molecule has 0 bridgehead atoms. The number of aliphatic hydroxyl groups is 1. The Morgan fingerprint density at radius 3 is 2.59 bits per heavy atom. The van der Waals surface area contributed by atoms with Crippen LogP contribution in [0, 0.1) is 0 Å². The van der Waals surface area contributed by atoms with Crippen LogP contribution in [-0.4, -0.2) is 16.5 Å². The molecule has 0 aliphatic carbocycles. The van der Waals surface area contributed by atoms with Crippen molar-refractivity contribution in [2.75, 3.05) is 0 Å². The van der Waals surface area contributed by atoms with Crippen molar-refractivity contribution in [3.63, 3.8) is 0 Å². The van der Waals surface area contributed by atoms with E-state index in [-0.39, 0.29) is 11.4 Å². The van der Waals surface area contributed by atoms with E-state index in [1.807, 2.05) is 24.3 Å². The van der Waals surface area contributed by atoms with Gasteiger partial charge in [-0.25, -0.2) is 0 Å². The number of rotatable bonds is 8. The molecule has 1 nitrogen and oxygen atoms in total. The van der Waals surface area contributed by atoms with Gasteiger partial charge < -0.3 is 5.11 Å². The standard InChI is InChI=1S/C15H22OS/c1-3-5-7-12-14(16)15(4-2)17-13-10-8-6-9-11-13/h4,6,8-11,14-16H,2-3,5,7,12H2,1H3/t14-,15+/m1/s1. The third-order valence-electron chi connectivity index (χ3n) is 2.73. The number of unbranched alkanes of at least 4 members (excludes halogenated alkanes) is 2. The van der Waals surface area contributed by atoms with Crippen LogP contribution in [0.15, 0.2) is 47.9 Å². The van der Waals surface area contributed by atoms with E-state index < -0.39 is 0 Å². The van der Waals surface area contributed by atoms with Crippen LogP contribution in [0.5, 0.6) is 0 Å². The number of thioether (sulfide) groups is 1. The fourth-order valence-corrected chi connectivity index (χ4v) is 2.73. The second-order valence-corrected chi connectivity index (χ2v) is 5.45. The van der Waals surface area contributed by atoms with Crippen molar-refractivity contribution in [1.82, 2.24) is 0 Å². The second-order valence-electron chi connectivity index (χ2n) is 4.19. The van der Waals surface area contributed by atoms with E-state index in [0.717, 1.165) is 12.8 Å². The summed E-state index contributed by atoms with van der Waals surface area (Å²) in [5.74, 6) is 0. The summed E-state index contributed by atoms with van der Waals surface area (Å²) in [6.07, 6.45) is 5.91. The molecule has 1 rings (SSSR count). The average Bonchev–Trinajstić information content (AvgIpc) is 2.37. The Hall–Kier alpha value is -0.730. The molecule has 1 N–H and O–H groups in total. The molecule has 0 unspecified atom stereocenters. The lowest BCUT2D eigenvalue weighted by molar-refractivity contribution is 0.169. The van der Waals surface area contributed by atoms with Gasteiger partial charge in [-0.2, -0.15) is 0 Å². The van der Waals surface area contributed by atoms with Gasteiger partial charge in [0.2, 0.25) is 0 Å². The number of aliphatic hydroxyl groups excluding tert-OH is 1. The van der Waals surface area contributed by atoms with Crippen molar-refractivity contribution in [2.45, 2.75) is 48.9 Å². The normalized spacial score (nSPS) is 14.2. The summed E-state index contributed by atoms with van der Waals surface area (Å²) in [5.41, 5.74) is 0. The van der Waals surface area contributed by atoms with Crippen LogP contribution in [0.1, 0.15) is 32.6 Å². The topological polar surface area (TPSA) is 20.2 Å². The Balaban J connectivity index is 2.45. The quantitative estimate of drug-likeness (QED) is 0.422. The van der Waals surface area contributed by atoms with Crippen LogP contribution in [-0.2, 0) is 0 Å². The summed E-state index contributed by atoms with van der Waals surface area (Å²) in [5, 5.41) is 10.2. The molecule has 0 saturated heterocycles. The highest BCUT2D eigenvalue weighted by Gasteiger charge is 2.16. The molecule has 94 valence electrons. The van der Waals surface area contributed by atoms with E-state index in [1.54, 1.807) is 11.8 Å². The lowest BCUT2D eigenvalue weighted by atomic mass is 10.1. The van der Waals surface area contributed by atoms with Gasteiger partial charge in [0.1, 0.15) is 0 Å². The largest absolute Gasteiger partial charge is 0.392 e. The molecular formula is C15H22OS. The summed E-state index contributed by atoms with van der Waals surface area (Å²) in [4.78, 5) is 1.19. The fourth-order valence-electron chi connectivity index (χ4n) is 1.71. The van der Waals surface area contributed by atoms with Gasteiger partial charge in [0.25, 0.3) is 0 Å². The predicted molar refractivity (Wildman–Crippen MR) is 76.4 cm³/mol. The first-order valence-electron chi connectivity index (χ1n) is 6.30. The summed E-state index contributed by atoms with van der Waals surface area (Å²) >= 11 is 1.69. The third kappa shape index (κ3) is 5.42. The summed E-state index contributed by atoms with van der Waals surface area (Å²) in [6, 6.07) is 10.2. The highest BCUT2D eigenvalue weighted by molar-refractivity contribution is 8.00. The molecule has 2 heteroatoms. The van der Waals surface area contributed by atoms with Gasteiger partial charge >= 0.3 is 0 Å². The van der Waals surface area contributed by atoms with Gasteiger partial charge in [-0.05, 0) is 18.6 Å². The van der Waals surface area contributed by atoms with Gasteiger partial charge in [-0.3, -0.25) is 0 Å². The van der Waals surface area contributed by atoms with Crippen LogP contribution < -0.4 is 0 Å². The van der Waals surface area contributed by atoms with Crippen LogP contribution in [0.4, 0.5) is 0 Å². The monoisotopic (exact) mass is 250 g/mol. The number of hydrogen-bond acceptors (Lipinski definition) is 2. The SMILES string of the molecule is C=C[C@H](Sc1ccccc1)[C@H](O)CCCCC. The lowest BCUT2D eigenvalue weighted by Crippen LogP contribution is -2.20. The van der Waals surface area contributed by atoms with Crippen molar-refractivity contribution >= 4 is 11.8 Å². The maximum absolute atomic E-state index is 10.1. The predicted octanol–water partition coefficient (Wildman–Crippen LogP) is 4.27. The minimum Gasteiger partial charge on any atom is -0.392 e. The van der Waals surface area contributed by atoms with Crippen molar-refractivity contribution in [2.24, 2.45) is 0 Å². The molecule has 0 aromatic heterocycles. The van der Waals surface area contributed by atoms with Gasteiger partial charge in [0, 0.05) is 4.90 Å². The van der Waals surface area contributed by atoms with Crippen molar-refractivity contribution in [3.05, 3.63) is 43.0 Å². The highest BCUT2D eigenvalue weighted by atomic mass is 32.2. The lowest BCUT2D eigenvalue weighted by Gasteiger charge is -2.19. The van der Waals surface area contributed by atoms with E-state index in [0.29, 0.717) is 0 Å². The summed E-state index contributed by atoms with van der Waals surface area (Å²) in [6.45, 7) is 6.00. The van der Waals surface area contributed by atoms with Gasteiger partial charge in [-0.15, -0.1) is 18.3 Å². The zero-order chi connectivity index (χ0) is 12.5. The van der Waals surface area contributed by atoms with Crippen LogP contribution in [0.25, 0.3) is 0 Å². The Labute approximate surface area is 109 Å². The first kappa shape index (κ1) is 14.3. The van der Waals surface area contributed by atoms with E-state index in [4.69, 9.17) is 0 Å². The molecule has 2 atom stereocenters. The zero-order valence-corrected chi connectivity index (χ0v) is 11.3. The Bertz CT molecular complexity index is 310. The van der Waals surface area contributed by atoms with E-state index >= 15 is 0 Å². The molecule has 1 aromatic rings. The first-order valence-corrected chi connectivity index (χ1v) is 7.18. The minimum atomic E-state index is -0.288. The minimum absolute atomic E-state index is 0.0919. The Kier molecular flexibility index (Phi) is 7.06. The Morgan fingerprint density at radius 2 is 2.00 bits per heavy atom. The molecule has 0 fully saturated rings. The molecule has 0 aliphatic heterocycles. The zero-order valence-electron chi connectivity index (χ0n) is 10.5. The summed E-state index contributed by atoms with van der Waals surface area (Å²) < 4.78 is 0. The molecule has 0 amide bonds. The van der Waals surface area contributed by atoms with Crippen molar-refractivity contribution in [3.8, 4) is 0 Å². The summed E-state index contributed by atoms with van der Waals surface area (Å²) in [7, 11) is 0. The highest BCUT2D eigenvalue weighted by Crippen LogP contribution is 2.27. The maximum Gasteiger partial charge on any atom is 0.0697 e. The fraction of sp³-hybridized carbons (Fsp3) is 0.467. The van der Waals surface area contributed by atoms with Crippen LogP contribution >= 0.6 is 11.8 Å². The molecule has 17 heavy (non-hydrogen) atoms. The number of benzene rings is 1.